The fourth-order valence-electron chi connectivity index (χ4n) is 1.56. The molecule has 5 heteroatoms. The van der Waals surface area contributed by atoms with Crippen LogP contribution in [0.1, 0.15) is 16.1 Å². The number of rotatable bonds is 3. The molecule has 2 rings (SSSR count). The van der Waals surface area contributed by atoms with Gasteiger partial charge < -0.3 is 4.57 Å². The van der Waals surface area contributed by atoms with Crippen molar-refractivity contribution in [3.05, 3.63) is 56.2 Å². The zero-order valence-electron chi connectivity index (χ0n) is 8.66. The first-order valence-electron chi connectivity index (χ1n) is 4.86. The van der Waals surface area contributed by atoms with E-state index in [1.54, 1.807) is 24.3 Å². The van der Waals surface area contributed by atoms with E-state index >= 15 is 0 Å². The maximum atomic E-state index is 10.9. The Balaban J connectivity index is 2.40. The Labute approximate surface area is 117 Å². The summed E-state index contributed by atoms with van der Waals surface area (Å²) in [5.41, 5.74) is 1.46. The normalized spacial score (nSPS) is 10.5. The maximum Gasteiger partial charge on any atom is 0.166 e. The highest BCUT2D eigenvalue weighted by atomic mass is 79.9. The van der Waals surface area contributed by atoms with Crippen molar-refractivity contribution >= 4 is 45.4 Å². The van der Waals surface area contributed by atoms with Crippen molar-refractivity contribution in [3.8, 4) is 0 Å². The number of hydrogen-bond acceptors (Lipinski definition) is 1. The molecule has 1 heterocycles. The van der Waals surface area contributed by atoms with Gasteiger partial charge in [-0.05, 0) is 51.8 Å². The van der Waals surface area contributed by atoms with Crippen molar-refractivity contribution < 1.29 is 4.79 Å². The van der Waals surface area contributed by atoms with Crippen molar-refractivity contribution in [2.45, 2.75) is 6.54 Å². The van der Waals surface area contributed by atoms with Crippen molar-refractivity contribution in [2.24, 2.45) is 0 Å². The molecule has 17 heavy (non-hydrogen) atoms. The lowest BCUT2D eigenvalue weighted by molar-refractivity contribution is 0.111. The largest absolute Gasteiger partial charge is 0.329 e. The molecular weight excluding hydrogens is 325 g/mol. The Morgan fingerprint density at radius 3 is 2.71 bits per heavy atom. The van der Waals surface area contributed by atoms with Crippen LogP contribution in [0.15, 0.2) is 34.9 Å². The number of nitrogens with zero attached hydrogens (tertiary/aromatic N) is 1. The lowest BCUT2D eigenvalue weighted by Gasteiger charge is -2.09. The molecule has 0 aliphatic carbocycles. The Hall–Kier alpha value is -0.770. The molecule has 0 bridgehead atoms. The van der Waals surface area contributed by atoms with Gasteiger partial charge in [-0.3, -0.25) is 4.79 Å². The molecule has 0 radical (unpaired) electrons. The molecule has 1 aromatic heterocycles. The highest BCUT2D eigenvalue weighted by Gasteiger charge is 2.08. The Morgan fingerprint density at radius 2 is 2.00 bits per heavy atom. The van der Waals surface area contributed by atoms with E-state index in [-0.39, 0.29) is 0 Å². The van der Waals surface area contributed by atoms with E-state index < -0.39 is 0 Å². The van der Waals surface area contributed by atoms with Crippen molar-refractivity contribution in [1.82, 2.24) is 4.57 Å². The molecule has 0 aliphatic rings. The minimum atomic E-state index is 0.501. The van der Waals surface area contributed by atoms with Gasteiger partial charge in [0, 0.05) is 10.0 Å². The summed E-state index contributed by atoms with van der Waals surface area (Å²) in [6, 6.07) is 8.85. The van der Waals surface area contributed by atoms with E-state index in [0.717, 1.165) is 16.5 Å². The van der Waals surface area contributed by atoms with Crippen LogP contribution in [0.25, 0.3) is 0 Å². The molecule has 0 atom stereocenters. The van der Waals surface area contributed by atoms with Crippen LogP contribution >= 0.6 is 39.1 Å². The number of aromatic nitrogens is 1. The summed E-state index contributed by atoms with van der Waals surface area (Å²) in [5.74, 6) is 0. The summed E-state index contributed by atoms with van der Waals surface area (Å²) in [4.78, 5) is 10.9. The van der Waals surface area contributed by atoms with E-state index in [1.807, 2.05) is 10.6 Å². The van der Waals surface area contributed by atoms with Gasteiger partial charge in [0.05, 0.1) is 16.8 Å². The van der Waals surface area contributed by atoms with Crippen LogP contribution in [0.3, 0.4) is 0 Å². The SMILES string of the molecule is O=Cc1ccc(Br)n1Cc1cc(Cl)ccc1Cl. The second kappa shape index (κ2) is 5.25. The van der Waals surface area contributed by atoms with E-state index in [1.165, 1.54) is 0 Å². The third-order valence-electron chi connectivity index (χ3n) is 2.42. The molecule has 0 N–H and O–H groups in total. The zero-order chi connectivity index (χ0) is 12.4. The van der Waals surface area contributed by atoms with Gasteiger partial charge in [0.15, 0.2) is 6.29 Å². The van der Waals surface area contributed by atoms with Gasteiger partial charge in [0.25, 0.3) is 0 Å². The average Bonchev–Trinajstić information content (AvgIpc) is 2.65. The molecule has 2 nitrogen and oxygen atoms in total. The third-order valence-corrected chi connectivity index (χ3v) is 3.71. The summed E-state index contributed by atoms with van der Waals surface area (Å²) in [6.45, 7) is 0.501. The molecule has 2 aromatic rings. The summed E-state index contributed by atoms with van der Waals surface area (Å²) in [7, 11) is 0. The molecule has 0 fully saturated rings. The monoisotopic (exact) mass is 331 g/mol. The third kappa shape index (κ3) is 2.73. The van der Waals surface area contributed by atoms with Crippen LogP contribution in [0.4, 0.5) is 0 Å². The average molecular weight is 333 g/mol. The standard InChI is InChI=1S/C12H8BrCl2NO/c13-12-4-2-10(7-17)16(12)6-8-5-9(14)1-3-11(8)15/h1-5,7H,6H2. The summed E-state index contributed by atoms with van der Waals surface area (Å²) >= 11 is 15.4. The predicted octanol–water partition coefficient (Wildman–Crippen LogP) is 4.42. The topological polar surface area (TPSA) is 22.0 Å². The molecule has 0 unspecified atom stereocenters. The number of carbonyl (C=O) groups excluding carboxylic acids is 1. The molecule has 1 aromatic carbocycles. The van der Waals surface area contributed by atoms with Crippen LogP contribution in [-0.2, 0) is 6.54 Å². The second-order valence-corrected chi connectivity index (χ2v) is 5.18. The fraction of sp³-hybridized carbons (Fsp3) is 0.0833. The smallest absolute Gasteiger partial charge is 0.166 e. The van der Waals surface area contributed by atoms with Crippen molar-refractivity contribution in [1.29, 1.82) is 0 Å². The quantitative estimate of drug-likeness (QED) is 0.763. The van der Waals surface area contributed by atoms with Crippen LogP contribution < -0.4 is 0 Å². The molecule has 88 valence electrons. The molecular formula is C12H8BrCl2NO. The van der Waals surface area contributed by atoms with Crippen LogP contribution in [0.5, 0.6) is 0 Å². The lowest BCUT2D eigenvalue weighted by Crippen LogP contribution is -2.04. The predicted molar refractivity (Wildman–Crippen MR) is 73.1 cm³/mol. The minimum absolute atomic E-state index is 0.501. The highest BCUT2D eigenvalue weighted by Crippen LogP contribution is 2.24. The molecule has 0 saturated carbocycles. The summed E-state index contributed by atoms with van der Waals surface area (Å²) < 4.78 is 2.65. The number of halogens is 3. The molecule has 0 amide bonds. The van der Waals surface area contributed by atoms with E-state index in [0.29, 0.717) is 22.3 Å². The fourth-order valence-corrected chi connectivity index (χ4v) is 2.40. The van der Waals surface area contributed by atoms with Crippen molar-refractivity contribution in [2.75, 3.05) is 0 Å². The van der Waals surface area contributed by atoms with Gasteiger partial charge in [0.1, 0.15) is 0 Å². The van der Waals surface area contributed by atoms with Gasteiger partial charge >= 0.3 is 0 Å². The summed E-state index contributed by atoms with van der Waals surface area (Å²) in [5, 5.41) is 1.26. The van der Waals surface area contributed by atoms with Gasteiger partial charge in [-0.1, -0.05) is 23.2 Å². The first-order valence-corrected chi connectivity index (χ1v) is 6.41. The van der Waals surface area contributed by atoms with Crippen molar-refractivity contribution in [3.63, 3.8) is 0 Å². The van der Waals surface area contributed by atoms with Gasteiger partial charge in [0.2, 0.25) is 0 Å². The Kier molecular flexibility index (Phi) is 3.92. The van der Waals surface area contributed by atoms with E-state index in [2.05, 4.69) is 15.9 Å². The number of hydrogen-bond donors (Lipinski definition) is 0. The number of carbonyl (C=O) groups is 1. The zero-order valence-corrected chi connectivity index (χ0v) is 11.8. The molecule has 0 aliphatic heterocycles. The first kappa shape index (κ1) is 12.7. The van der Waals surface area contributed by atoms with E-state index in [4.69, 9.17) is 23.2 Å². The van der Waals surface area contributed by atoms with E-state index in [9.17, 15) is 4.79 Å². The minimum Gasteiger partial charge on any atom is -0.329 e. The van der Waals surface area contributed by atoms with Crippen LogP contribution in [0.2, 0.25) is 10.0 Å². The van der Waals surface area contributed by atoms with Crippen LogP contribution in [-0.4, -0.2) is 10.9 Å². The number of aldehydes is 1. The van der Waals surface area contributed by atoms with Gasteiger partial charge in [-0.2, -0.15) is 0 Å². The van der Waals surface area contributed by atoms with Gasteiger partial charge in [-0.15, -0.1) is 0 Å². The molecule has 0 spiro atoms. The second-order valence-electron chi connectivity index (χ2n) is 3.52. The highest BCUT2D eigenvalue weighted by molar-refractivity contribution is 9.10. The van der Waals surface area contributed by atoms with Gasteiger partial charge in [-0.25, -0.2) is 0 Å². The molecule has 0 saturated heterocycles. The maximum absolute atomic E-state index is 10.9. The lowest BCUT2D eigenvalue weighted by atomic mass is 10.2. The Morgan fingerprint density at radius 1 is 1.24 bits per heavy atom. The number of benzene rings is 1. The first-order chi connectivity index (χ1) is 8.11. The van der Waals surface area contributed by atoms with Crippen LogP contribution in [0, 0.1) is 0 Å². The Bertz CT molecular complexity index is 566. The summed E-state index contributed by atoms with van der Waals surface area (Å²) in [6.07, 6.45) is 0.809.